The zero-order valence-electron chi connectivity index (χ0n) is 22.4. The number of methoxy groups -OCH3 is 1. The van der Waals surface area contributed by atoms with Crippen LogP contribution in [-0.4, -0.2) is 43.0 Å². The third-order valence-electron chi connectivity index (χ3n) is 6.08. The molecular weight excluding hydrogens is 544 g/mol. The maximum Gasteiger partial charge on any atom is 0.243 e. The minimum absolute atomic E-state index is 0.0770. The standard InChI is InChI=1S/C31H37BrN2O4/c1-23(2)21-33-31(36)29(20-24-8-5-4-6-9-24)34(22-25-11-13-26(32)14-12-25)30(35)10-7-19-38-28-17-15-27(37-3)16-18-28/h4-6,8-9,11-18,23,29H,7,10,19-22H2,1-3H3,(H,33,36)/t29-/m1/s1. The minimum atomic E-state index is -0.630. The van der Waals surface area contributed by atoms with E-state index in [1.807, 2.05) is 78.9 Å². The first-order valence-electron chi connectivity index (χ1n) is 13.0. The van der Waals surface area contributed by atoms with Crippen LogP contribution in [0.3, 0.4) is 0 Å². The summed E-state index contributed by atoms with van der Waals surface area (Å²) in [7, 11) is 1.62. The number of carbonyl (C=O) groups is 2. The smallest absolute Gasteiger partial charge is 0.243 e. The molecule has 0 aliphatic heterocycles. The molecule has 0 spiro atoms. The number of carbonyl (C=O) groups excluding carboxylic acids is 2. The van der Waals surface area contributed by atoms with E-state index in [2.05, 4.69) is 35.1 Å². The molecule has 0 fully saturated rings. The van der Waals surface area contributed by atoms with Crippen molar-refractivity contribution in [2.24, 2.45) is 5.92 Å². The normalized spacial score (nSPS) is 11.6. The quantitative estimate of drug-likeness (QED) is 0.236. The molecule has 0 radical (unpaired) electrons. The van der Waals surface area contributed by atoms with Gasteiger partial charge in [0.25, 0.3) is 0 Å². The summed E-state index contributed by atoms with van der Waals surface area (Å²) in [5.41, 5.74) is 1.97. The van der Waals surface area contributed by atoms with Gasteiger partial charge in [-0.1, -0.05) is 72.2 Å². The monoisotopic (exact) mass is 580 g/mol. The molecule has 6 nitrogen and oxygen atoms in total. The Balaban J connectivity index is 1.76. The van der Waals surface area contributed by atoms with Crippen molar-refractivity contribution in [3.8, 4) is 11.5 Å². The van der Waals surface area contributed by atoms with Gasteiger partial charge < -0.3 is 19.7 Å². The second-order valence-corrected chi connectivity index (χ2v) is 10.5. The molecule has 0 heterocycles. The SMILES string of the molecule is COc1ccc(OCCCC(=O)N(Cc2ccc(Br)cc2)[C@H](Cc2ccccc2)C(=O)NCC(C)C)cc1. The molecule has 2 amide bonds. The fourth-order valence-electron chi connectivity index (χ4n) is 3.99. The summed E-state index contributed by atoms with van der Waals surface area (Å²) in [6, 6.07) is 24.4. The summed E-state index contributed by atoms with van der Waals surface area (Å²) >= 11 is 3.47. The summed E-state index contributed by atoms with van der Waals surface area (Å²) < 4.78 is 12.0. The van der Waals surface area contributed by atoms with E-state index in [-0.39, 0.29) is 18.2 Å². The predicted octanol–water partition coefficient (Wildman–Crippen LogP) is 6.03. The lowest BCUT2D eigenvalue weighted by atomic mass is 10.0. The van der Waals surface area contributed by atoms with Crippen molar-refractivity contribution in [3.63, 3.8) is 0 Å². The summed E-state index contributed by atoms with van der Waals surface area (Å²) in [6.07, 6.45) is 1.25. The molecule has 0 saturated heterocycles. The first-order chi connectivity index (χ1) is 18.4. The molecule has 0 bridgehead atoms. The van der Waals surface area contributed by atoms with E-state index < -0.39 is 6.04 Å². The number of halogens is 1. The molecule has 0 aromatic heterocycles. The molecule has 0 unspecified atom stereocenters. The Kier molecular flexibility index (Phi) is 11.7. The van der Waals surface area contributed by atoms with Crippen LogP contribution in [0.1, 0.15) is 37.8 Å². The van der Waals surface area contributed by atoms with Crippen LogP contribution < -0.4 is 14.8 Å². The second kappa shape index (κ2) is 15.2. The summed E-state index contributed by atoms with van der Waals surface area (Å²) in [4.78, 5) is 28.8. The van der Waals surface area contributed by atoms with Crippen LogP contribution in [0.5, 0.6) is 11.5 Å². The fourth-order valence-corrected chi connectivity index (χ4v) is 4.26. The van der Waals surface area contributed by atoms with Gasteiger partial charge in [0, 0.05) is 30.4 Å². The van der Waals surface area contributed by atoms with E-state index in [0.717, 1.165) is 27.1 Å². The van der Waals surface area contributed by atoms with E-state index in [0.29, 0.717) is 38.5 Å². The molecule has 0 aliphatic carbocycles. The van der Waals surface area contributed by atoms with Gasteiger partial charge in [-0.3, -0.25) is 9.59 Å². The molecule has 3 aromatic rings. The highest BCUT2D eigenvalue weighted by atomic mass is 79.9. The van der Waals surface area contributed by atoms with E-state index in [4.69, 9.17) is 9.47 Å². The van der Waals surface area contributed by atoms with Gasteiger partial charge in [-0.2, -0.15) is 0 Å². The molecule has 3 aromatic carbocycles. The highest BCUT2D eigenvalue weighted by molar-refractivity contribution is 9.10. The number of ether oxygens (including phenoxy) is 2. The summed E-state index contributed by atoms with van der Waals surface area (Å²) in [5.74, 6) is 1.58. The first kappa shape index (κ1) is 29.2. The zero-order chi connectivity index (χ0) is 27.3. The number of hydrogen-bond donors (Lipinski definition) is 1. The van der Waals surface area contributed by atoms with Crippen molar-refractivity contribution in [1.82, 2.24) is 10.2 Å². The lowest BCUT2D eigenvalue weighted by Crippen LogP contribution is -2.51. The number of benzene rings is 3. The Morgan fingerprint density at radius 1 is 0.895 bits per heavy atom. The average molecular weight is 582 g/mol. The van der Waals surface area contributed by atoms with Gasteiger partial charge in [-0.15, -0.1) is 0 Å². The van der Waals surface area contributed by atoms with Crippen LogP contribution in [0.15, 0.2) is 83.3 Å². The molecule has 0 aliphatic rings. The maximum atomic E-state index is 13.6. The van der Waals surface area contributed by atoms with Crippen LogP contribution in [-0.2, 0) is 22.6 Å². The molecule has 7 heteroatoms. The van der Waals surface area contributed by atoms with Crippen molar-refractivity contribution < 1.29 is 19.1 Å². The lowest BCUT2D eigenvalue weighted by molar-refractivity contribution is -0.141. The lowest BCUT2D eigenvalue weighted by Gasteiger charge is -2.32. The van der Waals surface area contributed by atoms with Crippen molar-refractivity contribution in [1.29, 1.82) is 0 Å². The Labute approximate surface area is 234 Å². The van der Waals surface area contributed by atoms with Gasteiger partial charge in [-0.05, 0) is 59.9 Å². The topological polar surface area (TPSA) is 67.9 Å². The Morgan fingerprint density at radius 3 is 2.18 bits per heavy atom. The van der Waals surface area contributed by atoms with Crippen molar-refractivity contribution in [2.75, 3.05) is 20.3 Å². The molecule has 1 N–H and O–H groups in total. The third kappa shape index (κ3) is 9.53. The minimum Gasteiger partial charge on any atom is -0.497 e. The molecule has 1 atom stereocenters. The van der Waals surface area contributed by atoms with Gasteiger partial charge in [0.05, 0.1) is 13.7 Å². The van der Waals surface area contributed by atoms with E-state index in [1.165, 1.54) is 0 Å². The van der Waals surface area contributed by atoms with Crippen molar-refractivity contribution >= 4 is 27.7 Å². The van der Waals surface area contributed by atoms with Crippen molar-refractivity contribution in [2.45, 2.75) is 45.7 Å². The van der Waals surface area contributed by atoms with Crippen LogP contribution in [0.2, 0.25) is 0 Å². The highest BCUT2D eigenvalue weighted by Crippen LogP contribution is 2.20. The molecule has 0 saturated carbocycles. The number of amides is 2. The third-order valence-corrected chi connectivity index (χ3v) is 6.61. The Morgan fingerprint density at radius 2 is 1.55 bits per heavy atom. The number of rotatable bonds is 14. The molecule has 202 valence electrons. The van der Waals surface area contributed by atoms with E-state index in [1.54, 1.807) is 12.0 Å². The van der Waals surface area contributed by atoms with E-state index in [9.17, 15) is 9.59 Å². The molecular formula is C31H37BrN2O4. The largest absolute Gasteiger partial charge is 0.497 e. The number of hydrogen-bond acceptors (Lipinski definition) is 4. The maximum absolute atomic E-state index is 13.6. The van der Waals surface area contributed by atoms with Crippen LogP contribution in [0, 0.1) is 5.92 Å². The van der Waals surface area contributed by atoms with Crippen LogP contribution in [0.25, 0.3) is 0 Å². The number of nitrogens with zero attached hydrogens (tertiary/aromatic N) is 1. The predicted molar refractivity (Wildman–Crippen MR) is 154 cm³/mol. The molecule has 38 heavy (non-hydrogen) atoms. The number of nitrogens with one attached hydrogen (secondary N) is 1. The van der Waals surface area contributed by atoms with Crippen LogP contribution in [0.4, 0.5) is 0 Å². The second-order valence-electron chi connectivity index (χ2n) is 9.62. The Hall–Kier alpha value is -3.32. The fraction of sp³-hybridized carbons (Fsp3) is 0.355. The highest BCUT2D eigenvalue weighted by Gasteiger charge is 2.30. The van der Waals surface area contributed by atoms with Gasteiger partial charge in [-0.25, -0.2) is 0 Å². The van der Waals surface area contributed by atoms with Gasteiger partial charge in [0.15, 0.2) is 0 Å². The zero-order valence-corrected chi connectivity index (χ0v) is 23.9. The first-order valence-corrected chi connectivity index (χ1v) is 13.8. The van der Waals surface area contributed by atoms with Gasteiger partial charge in [0.1, 0.15) is 17.5 Å². The van der Waals surface area contributed by atoms with Crippen molar-refractivity contribution in [3.05, 3.63) is 94.5 Å². The summed E-state index contributed by atoms with van der Waals surface area (Å²) in [5, 5.41) is 3.06. The van der Waals surface area contributed by atoms with Gasteiger partial charge >= 0.3 is 0 Å². The van der Waals surface area contributed by atoms with E-state index >= 15 is 0 Å². The summed E-state index contributed by atoms with van der Waals surface area (Å²) in [6.45, 7) is 5.41. The van der Waals surface area contributed by atoms with Gasteiger partial charge in [0.2, 0.25) is 11.8 Å². The van der Waals surface area contributed by atoms with Crippen LogP contribution >= 0.6 is 15.9 Å². The average Bonchev–Trinajstić information content (AvgIpc) is 2.93. The molecule has 3 rings (SSSR count). The Bertz CT molecular complexity index is 1130.